The quantitative estimate of drug-likeness (QED) is 0.774. The molecule has 0 saturated carbocycles. The summed E-state index contributed by atoms with van der Waals surface area (Å²) in [5.74, 6) is 0.0238. The summed E-state index contributed by atoms with van der Waals surface area (Å²) in [5, 5.41) is 8.73. The van der Waals surface area contributed by atoms with Crippen molar-refractivity contribution in [3.8, 4) is 0 Å². The molecule has 0 aliphatic carbocycles. The Balaban J connectivity index is 1.33. The lowest BCUT2D eigenvalue weighted by atomic mass is 10.0. The molecule has 0 atom stereocenters. The van der Waals surface area contributed by atoms with Crippen LogP contribution in [-0.4, -0.2) is 44.7 Å². The summed E-state index contributed by atoms with van der Waals surface area (Å²) in [5.41, 5.74) is 3.89. The first-order valence-corrected chi connectivity index (χ1v) is 9.46. The van der Waals surface area contributed by atoms with Crippen LogP contribution in [0.2, 0.25) is 0 Å². The Labute approximate surface area is 159 Å². The van der Waals surface area contributed by atoms with E-state index in [0.717, 1.165) is 54.8 Å². The van der Waals surface area contributed by atoms with E-state index >= 15 is 0 Å². The maximum Gasteiger partial charge on any atom is 0.251 e. The fraction of sp³-hybridized carbons (Fsp3) is 0.381. The monoisotopic (exact) mass is 363 g/mol. The van der Waals surface area contributed by atoms with E-state index in [-0.39, 0.29) is 11.9 Å². The van der Waals surface area contributed by atoms with Crippen molar-refractivity contribution in [2.24, 2.45) is 7.05 Å². The summed E-state index contributed by atoms with van der Waals surface area (Å²) >= 11 is 0. The largest absolute Gasteiger partial charge is 0.349 e. The first-order chi connectivity index (χ1) is 13.1. The summed E-state index contributed by atoms with van der Waals surface area (Å²) in [6.45, 7) is 4.86. The van der Waals surface area contributed by atoms with Gasteiger partial charge in [-0.05, 0) is 43.5 Å². The van der Waals surface area contributed by atoms with Gasteiger partial charge in [-0.3, -0.25) is 14.4 Å². The number of carbonyl (C=O) groups is 1. The van der Waals surface area contributed by atoms with Gasteiger partial charge in [-0.15, -0.1) is 0 Å². The van der Waals surface area contributed by atoms with Gasteiger partial charge in [0.1, 0.15) is 0 Å². The molecule has 3 heterocycles. The highest BCUT2D eigenvalue weighted by molar-refractivity contribution is 5.94. The van der Waals surface area contributed by atoms with Gasteiger partial charge in [0.15, 0.2) is 5.65 Å². The Morgan fingerprint density at radius 3 is 2.70 bits per heavy atom. The van der Waals surface area contributed by atoms with Crippen LogP contribution in [0.4, 0.5) is 0 Å². The Morgan fingerprint density at radius 1 is 1.22 bits per heavy atom. The molecule has 1 aliphatic rings. The fourth-order valence-corrected chi connectivity index (χ4v) is 3.79. The third-order valence-electron chi connectivity index (χ3n) is 5.28. The van der Waals surface area contributed by atoms with Gasteiger partial charge in [0.05, 0.1) is 5.69 Å². The number of nitrogens with zero attached hydrogens (tertiary/aromatic N) is 4. The van der Waals surface area contributed by atoms with Crippen molar-refractivity contribution < 1.29 is 4.79 Å². The highest BCUT2D eigenvalue weighted by Crippen LogP contribution is 2.19. The van der Waals surface area contributed by atoms with Crippen LogP contribution in [-0.2, 0) is 13.6 Å². The number of aromatic nitrogens is 3. The van der Waals surface area contributed by atoms with E-state index in [0.29, 0.717) is 0 Å². The summed E-state index contributed by atoms with van der Waals surface area (Å²) in [4.78, 5) is 19.3. The fourth-order valence-electron chi connectivity index (χ4n) is 3.79. The first kappa shape index (κ1) is 17.7. The molecule has 140 valence electrons. The molecule has 1 aliphatic heterocycles. The number of piperidine rings is 1. The molecular weight excluding hydrogens is 338 g/mol. The van der Waals surface area contributed by atoms with Gasteiger partial charge in [-0.2, -0.15) is 5.10 Å². The van der Waals surface area contributed by atoms with E-state index in [9.17, 15) is 4.79 Å². The molecule has 27 heavy (non-hydrogen) atoms. The SMILES string of the molecule is Cc1nn(C)c2ncc(CN3CCC(NC(=O)c4ccccc4)CC3)cc12. The second-order valence-corrected chi connectivity index (χ2v) is 7.31. The highest BCUT2D eigenvalue weighted by Gasteiger charge is 2.21. The Bertz CT molecular complexity index is 942. The van der Waals surface area contributed by atoms with E-state index < -0.39 is 0 Å². The Kier molecular flexibility index (Phi) is 4.90. The number of fused-ring (bicyclic) bond motifs is 1. The van der Waals surface area contributed by atoms with E-state index in [4.69, 9.17) is 0 Å². The number of amides is 1. The van der Waals surface area contributed by atoms with Crippen molar-refractivity contribution in [1.29, 1.82) is 0 Å². The van der Waals surface area contributed by atoms with Crippen LogP contribution in [0.25, 0.3) is 11.0 Å². The molecule has 0 radical (unpaired) electrons. The predicted octanol–water partition coefficient (Wildman–Crippen LogP) is 2.67. The van der Waals surface area contributed by atoms with Crippen molar-refractivity contribution in [2.45, 2.75) is 32.4 Å². The van der Waals surface area contributed by atoms with Crippen LogP contribution in [0.5, 0.6) is 0 Å². The number of pyridine rings is 1. The van der Waals surface area contributed by atoms with Gasteiger partial charge < -0.3 is 5.32 Å². The van der Waals surface area contributed by atoms with Crippen LogP contribution in [0.3, 0.4) is 0 Å². The minimum absolute atomic E-state index is 0.0238. The van der Waals surface area contributed by atoms with Gasteiger partial charge in [0, 0.05) is 49.9 Å². The predicted molar refractivity (Wildman–Crippen MR) is 105 cm³/mol. The second kappa shape index (κ2) is 7.48. The maximum absolute atomic E-state index is 12.3. The average Bonchev–Trinajstić information content (AvgIpc) is 2.97. The molecular formula is C21H25N5O. The van der Waals surface area contributed by atoms with Crippen molar-refractivity contribution in [2.75, 3.05) is 13.1 Å². The summed E-state index contributed by atoms with van der Waals surface area (Å²) in [6.07, 6.45) is 3.90. The Hall–Kier alpha value is -2.73. The standard InChI is InChI=1S/C21H25N5O/c1-15-19-12-16(13-22-20(19)25(2)24-15)14-26-10-8-18(9-11-26)23-21(27)17-6-4-3-5-7-17/h3-7,12-13,18H,8-11,14H2,1-2H3,(H,23,27). The molecule has 0 unspecified atom stereocenters. The second-order valence-electron chi connectivity index (χ2n) is 7.31. The highest BCUT2D eigenvalue weighted by atomic mass is 16.1. The van der Waals surface area contributed by atoms with Crippen molar-refractivity contribution in [3.05, 3.63) is 59.4 Å². The molecule has 1 N–H and O–H groups in total. The number of benzene rings is 1. The van der Waals surface area contributed by atoms with Crippen LogP contribution >= 0.6 is 0 Å². The normalized spacial score (nSPS) is 15.9. The number of likely N-dealkylation sites (tertiary alicyclic amines) is 1. The molecule has 0 bridgehead atoms. The molecule has 6 nitrogen and oxygen atoms in total. The minimum atomic E-state index is 0.0238. The van der Waals surface area contributed by atoms with E-state index in [1.807, 2.05) is 55.2 Å². The van der Waals surface area contributed by atoms with Crippen LogP contribution in [0.1, 0.15) is 34.5 Å². The zero-order chi connectivity index (χ0) is 18.8. The third kappa shape index (κ3) is 3.85. The van der Waals surface area contributed by atoms with Gasteiger partial charge in [0.2, 0.25) is 0 Å². The van der Waals surface area contributed by atoms with Gasteiger partial charge >= 0.3 is 0 Å². The number of nitrogens with one attached hydrogen (secondary N) is 1. The lowest BCUT2D eigenvalue weighted by Gasteiger charge is -2.32. The molecule has 1 aromatic carbocycles. The maximum atomic E-state index is 12.3. The number of rotatable bonds is 4. The van der Waals surface area contributed by atoms with Crippen molar-refractivity contribution in [3.63, 3.8) is 0 Å². The van der Waals surface area contributed by atoms with Crippen LogP contribution < -0.4 is 5.32 Å². The molecule has 3 aromatic rings. The van der Waals surface area contributed by atoms with Gasteiger partial charge in [0.25, 0.3) is 5.91 Å². The Morgan fingerprint density at radius 2 is 1.96 bits per heavy atom. The first-order valence-electron chi connectivity index (χ1n) is 9.46. The van der Waals surface area contributed by atoms with E-state index in [2.05, 4.69) is 26.4 Å². The third-order valence-corrected chi connectivity index (χ3v) is 5.28. The number of hydrogen-bond acceptors (Lipinski definition) is 4. The molecule has 1 fully saturated rings. The number of aryl methyl sites for hydroxylation is 2. The molecule has 6 heteroatoms. The molecule has 4 rings (SSSR count). The van der Waals surface area contributed by atoms with Gasteiger partial charge in [-0.1, -0.05) is 18.2 Å². The lowest BCUT2D eigenvalue weighted by molar-refractivity contribution is 0.0909. The average molecular weight is 363 g/mol. The summed E-state index contributed by atoms with van der Waals surface area (Å²) in [7, 11) is 1.93. The smallest absolute Gasteiger partial charge is 0.251 e. The zero-order valence-corrected chi connectivity index (χ0v) is 15.9. The lowest BCUT2D eigenvalue weighted by Crippen LogP contribution is -2.44. The van der Waals surface area contributed by atoms with Crippen LogP contribution in [0.15, 0.2) is 42.6 Å². The van der Waals surface area contributed by atoms with Crippen molar-refractivity contribution in [1.82, 2.24) is 25.0 Å². The van der Waals surface area contributed by atoms with Gasteiger partial charge in [-0.25, -0.2) is 4.98 Å². The summed E-state index contributed by atoms with van der Waals surface area (Å²) in [6, 6.07) is 11.9. The minimum Gasteiger partial charge on any atom is -0.349 e. The topological polar surface area (TPSA) is 63.1 Å². The molecule has 1 amide bonds. The number of carbonyl (C=O) groups excluding carboxylic acids is 1. The van der Waals surface area contributed by atoms with Crippen LogP contribution in [0, 0.1) is 6.92 Å². The van der Waals surface area contributed by atoms with E-state index in [1.54, 1.807) is 0 Å². The van der Waals surface area contributed by atoms with E-state index in [1.165, 1.54) is 5.56 Å². The zero-order valence-electron chi connectivity index (χ0n) is 15.9. The molecule has 1 saturated heterocycles. The summed E-state index contributed by atoms with van der Waals surface area (Å²) < 4.78 is 1.83. The molecule has 2 aromatic heterocycles. The van der Waals surface area contributed by atoms with Crippen molar-refractivity contribution >= 4 is 16.9 Å². The number of hydrogen-bond donors (Lipinski definition) is 1. The molecule has 0 spiro atoms.